The number of hydrogen-bond acceptors (Lipinski definition) is 7. The zero-order valence-corrected chi connectivity index (χ0v) is 14.9. The zero-order valence-electron chi connectivity index (χ0n) is 14.9. The van der Waals surface area contributed by atoms with Gasteiger partial charge < -0.3 is 26.8 Å². The number of nitrogens with one attached hydrogen (secondary N) is 2. The molecule has 0 saturated heterocycles. The van der Waals surface area contributed by atoms with Crippen LogP contribution in [0.2, 0.25) is 0 Å². The third-order valence-electron chi connectivity index (χ3n) is 3.38. The maximum absolute atomic E-state index is 11.9. The van der Waals surface area contributed by atoms with Crippen LogP contribution in [0.5, 0.6) is 5.88 Å². The summed E-state index contributed by atoms with van der Waals surface area (Å²) in [6.45, 7) is 6.31. The number of anilines is 3. The fraction of sp³-hybridized carbons (Fsp3) is 0.353. The van der Waals surface area contributed by atoms with Crippen molar-refractivity contribution in [1.82, 2.24) is 9.97 Å². The molecule has 0 radical (unpaired) electrons. The average Bonchev–Trinajstić information content (AvgIpc) is 2.50. The van der Waals surface area contributed by atoms with E-state index in [1.165, 1.54) is 7.11 Å². The van der Waals surface area contributed by atoms with Crippen molar-refractivity contribution in [3.8, 4) is 5.88 Å². The molecule has 0 bridgehead atoms. The van der Waals surface area contributed by atoms with Crippen molar-refractivity contribution in [3.63, 3.8) is 0 Å². The highest BCUT2D eigenvalue weighted by molar-refractivity contribution is 6.00. The Morgan fingerprint density at radius 1 is 1.24 bits per heavy atom. The number of nitrogens with zero attached hydrogens (tertiary/aromatic N) is 2. The first-order valence-electron chi connectivity index (χ1n) is 7.90. The van der Waals surface area contributed by atoms with Crippen LogP contribution in [0.25, 0.3) is 0 Å². The van der Waals surface area contributed by atoms with Crippen LogP contribution >= 0.6 is 0 Å². The van der Waals surface area contributed by atoms with Crippen LogP contribution < -0.4 is 26.8 Å². The first-order valence-corrected chi connectivity index (χ1v) is 7.90. The fourth-order valence-corrected chi connectivity index (χ4v) is 2.42. The Bertz CT molecular complexity index is 756. The fourth-order valence-electron chi connectivity index (χ4n) is 2.42. The molecular weight excluding hydrogens is 320 g/mol. The van der Waals surface area contributed by atoms with Crippen molar-refractivity contribution in [2.75, 3.05) is 24.3 Å². The molecule has 6 N–H and O–H groups in total. The molecule has 1 atom stereocenters. The number of methoxy groups -OCH3 is 1. The summed E-state index contributed by atoms with van der Waals surface area (Å²) in [7, 11) is 1.42. The summed E-state index contributed by atoms with van der Waals surface area (Å²) in [4.78, 5) is 20.4. The lowest BCUT2D eigenvalue weighted by Crippen LogP contribution is -2.26. The van der Waals surface area contributed by atoms with Crippen LogP contribution in [-0.2, 0) is 0 Å². The number of carbonyl (C=O) groups excluding carboxylic acids is 1. The zero-order chi connectivity index (χ0) is 18.6. The molecule has 2 aromatic rings. The Kier molecular flexibility index (Phi) is 5.76. The molecule has 0 spiro atoms. The standard InChI is InChI=1S/C17H24N6O2/c1-9-5-10(2)7-12(6-9)21-15-13(14(19)24)16(25-4)23-17(22-15)20-8-11(3)18/h5-7,11H,8,18H2,1-4H3,(H2,19,24)(H2,20,21,22,23)/t11-/m0/s1. The number of amides is 1. The molecule has 8 heteroatoms. The van der Waals surface area contributed by atoms with Crippen molar-refractivity contribution >= 4 is 23.4 Å². The summed E-state index contributed by atoms with van der Waals surface area (Å²) in [6.07, 6.45) is 0. The van der Waals surface area contributed by atoms with Gasteiger partial charge in [-0.05, 0) is 44.0 Å². The second-order valence-corrected chi connectivity index (χ2v) is 6.00. The van der Waals surface area contributed by atoms with E-state index < -0.39 is 5.91 Å². The van der Waals surface area contributed by atoms with Crippen molar-refractivity contribution in [2.45, 2.75) is 26.8 Å². The van der Waals surface area contributed by atoms with Gasteiger partial charge in [0.2, 0.25) is 11.8 Å². The monoisotopic (exact) mass is 344 g/mol. The highest BCUT2D eigenvalue weighted by Gasteiger charge is 2.20. The van der Waals surface area contributed by atoms with Crippen molar-refractivity contribution in [1.29, 1.82) is 0 Å². The summed E-state index contributed by atoms with van der Waals surface area (Å²) in [6, 6.07) is 5.86. The van der Waals surface area contributed by atoms with Gasteiger partial charge in [0.15, 0.2) is 5.82 Å². The number of primary amides is 1. The second-order valence-electron chi connectivity index (χ2n) is 6.00. The third-order valence-corrected chi connectivity index (χ3v) is 3.38. The number of aromatic nitrogens is 2. The Hall–Kier alpha value is -2.87. The number of hydrogen-bond donors (Lipinski definition) is 4. The first kappa shape index (κ1) is 18.5. The molecule has 25 heavy (non-hydrogen) atoms. The average molecular weight is 344 g/mol. The summed E-state index contributed by atoms with van der Waals surface area (Å²) in [5.41, 5.74) is 14.3. The topological polar surface area (TPSA) is 128 Å². The van der Waals surface area contributed by atoms with Crippen molar-refractivity contribution in [3.05, 3.63) is 34.9 Å². The van der Waals surface area contributed by atoms with E-state index in [0.717, 1.165) is 16.8 Å². The van der Waals surface area contributed by atoms with Gasteiger partial charge in [-0.25, -0.2) is 0 Å². The Labute approximate surface area is 147 Å². The van der Waals surface area contributed by atoms with Crippen LogP contribution in [0.3, 0.4) is 0 Å². The van der Waals surface area contributed by atoms with Gasteiger partial charge in [0.1, 0.15) is 5.56 Å². The molecule has 1 aromatic heterocycles. The summed E-state index contributed by atoms with van der Waals surface area (Å²) >= 11 is 0. The van der Waals surface area contributed by atoms with Crippen molar-refractivity contribution in [2.24, 2.45) is 11.5 Å². The molecule has 0 aliphatic heterocycles. The van der Waals surface area contributed by atoms with Gasteiger partial charge in [-0.1, -0.05) is 6.07 Å². The smallest absolute Gasteiger partial charge is 0.258 e. The Morgan fingerprint density at radius 2 is 1.88 bits per heavy atom. The van der Waals surface area contributed by atoms with E-state index in [-0.39, 0.29) is 23.3 Å². The van der Waals surface area contributed by atoms with Crippen LogP contribution in [0.4, 0.5) is 17.5 Å². The molecule has 134 valence electrons. The highest BCUT2D eigenvalue weighted by Crippen LogP contribution is 2.28. The van der Waals surface area contributed by atoms with Crippen molar-refractivity contribution < 1.29 is 9.53 Å². The lowest BCUT2D eigenvalue weighted by atomic mass is 10.1. The largest absolute Gasteiger partial charge is 0.480 e. The van der Waals surface area contributed by atoms with E-state index in [2.05, 4.69) is 26.7 Å². The van der Waals surface area contributed by atoms with Crippen LogP contribution in [-0.4, -0.2) is 35.6 Å². The molecule has 0 aliphatic carbocycles. The molecule has 0 aliphatic rings. The van der Waals surface area contributed by atoms with Gasteiger partial charge in [0.25, 0.3) is 5.91 Å². The lowest BCUT2D eigenvalue weighted by Gasteiger charge is -2.15. The molecule has 1 heterocycles. The maximum Gasteiger partial charge on any atom is 0.258 e. The van der Waals surface area contributed by atoms with Crippen LogP contribution in [0.15, 0.2) is 18.2 Å². The molecule has 0 saturated carbocycles. The molecule has 1 amide bonds. The van der Waals surface area contributed by atoms with Crippen LogP contribution in [0.1, 0.15) is 28.4 Å². The maximum atomic E-state index is 11.9. The van der Waals surface area contributed by atoms with E-state index >= 15 is 0 Å². The predicted octanol–water partition coefficient (Wildman–Crippen LogP) is 1.70. The summed E-state index contributed by atoms with van der Waals surface area (Å²) in [5, 5.41) is 6.15. The molecule has 0 unspecified atom stereocenters. The van der Waals surface area contributed by atoms with E-state index in [9.17, 15) is 4.79 Å². The SMILES string of the molecule is COc1nc(NC[C@H](C)N)nc(Nc2cc(C)cc(C)c2)c1C(N)=O. The van der Waals surface area contributed by atoms with E-state index in [1.807, 2.05) is 32.9 Å². The normalized spacial score (nSPS) is 11.7. The Morgan fingerprint density at radius 3 is 2.40 bits per heavy atom. The number of benzene rings is 1. The number of nitrogens with two attached hydrogens (primary N) is 2. The van der Waals surface area contributed by atoms with Gasteiger partial charge in [0, 0.05) is 18.3 Å². The number of carbonyl (C=O) groups is 1. The lowest BCUT2D eigenvalue weighted by molar-refractivity contribution is 0.0997. The molecule has 1 aromatic carbocycles. The first-order chi connectivity index (χ1) is 11.8. The molecule has 2 rings (SSSR count). The van der Waals surface area contributed by atoms with Crippen LogP contribution in [0, 0.1) is 13.8 Å². The molecular formula is C17H24N6O2. The molecule has 8 nitrogen and oxygen atoms in total. The van der Waals surface area contributed by atoms with E-state index in [1.54, 1.807) is 0 Å². The highest BCUT2D eigenvalue weighted by atomic mass is 16.5. The number of aryl methyl sites for hydroxylation is 2. The minimum absolute atomic E-state index is 0.0822. The second kappa shape index (κ2) is 7.80. The van der Waals surface area contributed by atoms with E-state index in [0.29, 0.717) is 12.5 Å². The van der Waals surface area contributed by atoms with Gasteiger partial charge >= 0.3 is 0 Å². The summed E-state index contributed by atoms with van der Waals surface area (Å²) in [5.74, 6) is -0.00781. The number of ether oxygens (including phenoxy) is 1. The van der Waals surface area contributed by atoms with E-state index in [4.69, 9.17) is 16.2 Å². The summed E-state index contributed by atoms with van der Waals surface area (Å²) < 4.78 is 5.22. The number of rotatable bonds is 7. The minimum Gasteiger partial charge on any atom is -0.480 e. The Balaban J connectivity index is 2.47. The quantitative estimate of drug-likeness (QED) is 0.602. The van der Waals surface area contributed by atoms with Gasteiger partial charge in [-0.2, -0.15) is 9.97 Å². The van der Waals surface area contributed by atoms with Gasteiger partial charge in [-0.3, -0.25) is 4.79 Å². The van der Waals surface area contributed by atoms with Gasteiger partial charge in [-0.15, -0.1) is 0 Å². The molecule has 0 fully saturated rings. The third kappa shape index (κ3) is 4.80. The minimum atomic E-state index is -0.678. The van der Waals surface area contributed by atoms with Gasteiger partial charge in [0.05, 0.1) is 7.11 Å². The predicted molar refractivity (Wildman–Crippen MR) is 98.4 cm³/mol.